The second-order valence-corrected chi connectivity index (χ2v) is 5.06. The monoisotopic (exact) mass is 316 g/mol. The summed E-state index contributed by atoms with van der Waals surface area (Å²) < 4.78 is 11.0. The molecular weight excluding hydrogens is 296 g/mol. The Labute approximate surface area is 135 Å². The summed E-state index contributed by atoms with van der Waals surface area (Å²) in [5, 5.41) is 11.2. The van der Waals surface area contributed by atoms with Crippen LogP contribution in [0.15, 0.2) is 42.5 Å². The summed E-state index contributed by atoms with van der Waals surface area (Å²) >= 11 is 0. The third-order valence-corrected chi connectivity index (χ3v) is 3.45. The van der Waals surface area contributed by atoms with E-state index in [4.69, 9.17) is 15.2 Å². The number of benzene rings is 2. The molecule has 0 aliphatic carbocycles. The van der Waals surface area contributed by atoms with Crippen LogP contribution < -0.4 is 15.2 Å². The van der Waals surface area contributed by atoms with Crippen molar-refractivity contribution in [2.75, 3.05) is 13.7 Å². The van der Waals surface area contributed by atoms with Crippen LogP contribution in [0, 0.1) is 10.1 Å². The van der Waals surface area contributed by atoms with Gasteiger partial charge in [0, 0.05) is 5.56 Å². The molecule has 122 valence electrons. The van der Waals surface area contributed by atoms with Crippen LogP contribution in [-0.2, 0) is 13.0 Å². The van der Waals surface area contributed by atoms with E-state index in [0.717, 1.165) is 5.56 Å². The highest BCUT2D eigenvalue weighted by Crippen LogP contribution is 2.35. The van der Waals surface area contributed by atoms with Gasteiger partial charge in [0.2, 0.25) is 0 Å². The molecule has 0 atom stereocenters. The lowest BCUT2D eigenvalue weighted by Crippen LogP contribution is -2.04. The topological polar surface area (TPSA) is 87.6 Å². The van der Waals surface area contributed by atoms with E-state index in [-0.39, 0.29) is 5.69 Å². The molecule has 6 heteroatoms. The predicted molar refractivity (Wildman–Crippen MR) is 87.8 cm³/mol. The lowest BCUT2D eigenvalue weighted by Gasteiger charge is -2.13. The molecule has 0 fully saturated rings. The van der Waals surface area contributed by atoms with Crippen molar-refractivity contribution in [2.24, 2.45) is 5.73 Å². The Morgan fingerprint density at radius 3 is 2.52 bits per heavy atom. The number of methoxy groups -OCH3 is 1. The van der Waals surface area contributed by atoms with E-state index in [1.165, 1.54) is 13.2 Å². The maximum atomic E-state index is 11.2. The predicted octanol–water partition coefficient (Wildman–Crippen LogP) is 3.07. The molecular formula is C17H20N2O4. The summed E-state index contributed by atoms with van der Waals surface area (Å²) in [4.78, 5) is 10.8. The molecule has 2 rings (SSSR count). The Morgan fingerprint density at radius 1 is 1.17 bits per heavy atom. The average molecular weight is 316 g/mol. The first-order chi connectivity index (χ1) is 11.2. The van der Waals surface area contributed by atoms with Crippen molar-refractivity contribution in [2.45, 2.75) is 19.4 Å². The van der Waals surface area contributed by atoms with Gasteiger partial charge in [-0.3, -0.25) is 10.1 Å². The molecule has 0 aliphatic heterocycles. The first-order valence-corrected chi connectivity index (χ1v) is 7.37. The van der Waals surface area contributed by atoms with Gasteiger partial charge in [0.25, 0.3) is 5.69 Å². The molecule has 0 aromatic heterocycles. The molecule has 0 spiro atoms. The number of rotatable bonds is 8. The van der Waals surface area contributed by atoms with E-state index in [1.807, 2.05) is 30.3 Å². The highest BCUT2D eigenvalue weighted by molar-refractivity contribution is 5.54. The summed E-state index contributed by atoms with van der Waals surface area (Å²) in [6, 6.07) is 12.8. The second kappa shape index (κ2) is 8.14. The minimum atomic E-state index is -0.407. The minimum absolute atomic E-state index is 0.0300. The highest BCUT2D eigenvalue weighted by Gasteiger charge is 2.19. The van der Waals surface area contributed by atoms with Gasteiger partial charge in [0.05, 0.1) is 18.1 Å². The van der Waals surface area contributed by atoms with Crippen LogP contribution in [0.25, 0.3) is 0 Å². The number of nitrogens with zero attached hydrogens (tertiary/aromatic N) is 1. The van der Waals surface area contributed by atoms with E-state index >= 15 is 0 Å². The van der Waals surface area contributed by atoms with Crippen LogP contribution in [0.3, 0.4) is 0 Å². The normalized spacial score (nSPS) is 10.3. The van der Waals surface area contributed by atoms with E-state index in [2.05, 4.69) is 0 Å². The molecule has 2 aromatic rings. The van der Waals surface area contributed by atoms with Crippen molar-refractivity contribution in [3.8, 4) is 11.5 Å². The zero-order valence-electron chi connectivity index (χ0n) is 13.0. The second-order valence-electron chi connectivity index (χ2n) is 5.06. The number of hydrogen-bond acceptors (Lipinski definition) is 5. The van der Waals surface area contributed by atoms with Crippen molar-refractivity contribution < 1.29 is 14.4 Å². The van der Waals surface area contributed by atoms with E-state index < -0.39 is 4.92 Å². The maximum Gasteiger partial charge on any atom is 0.276 e. The standard InChI is InChI=1S/C17H20N2O4/c1-22-16-11-15(19(20)21)14(8-5-9-18)10-17(16)23-12-13-6-3-2-4-7-13/h2-4,6-7,10-11H,5,8-9,12,18H2,1H3. The lowest BCUT2D eigenvalue weighted by atomic mass is 10.1. The highest BCUT2D eigenvalue weighted by atomic mass is 16.6. The molecule has 0 aliphatic rings. The fraction of sp³-hybridized carbons (Fsp3) is 0.294. The quantitative estimate of drug-likeness (QED) is 0.597. The zero-order chi connectivity index (χ0) is 16.7. The average Bonchev–Trinajstić information content (AvgIpc) is 2.58. The number of nitro groups is 1. The van der Waals surface area contributed by atoms with Gasteiger partial charge in [-0.05, 0) is 31.0 Å². The van der Waals surface area contributed by atoms with Crippen LogP contribution in [0.2, 0.25) is 0 Å². The zero-order valence-corrected chi connectivity index (χ0v) is 13.0. The molecule has 2 aromatic carbocycles. The fourth-order valence-electron chi connectivity index (χ4n) is 2.26. The summed E-state index contributed by atoms with van der Waals surface area (Å²) in [6.07, 6.45) is 1.20. The van der Waals surface area contributed by atoms with Gasteiger partial charge >= 0.3 is 0 Å². The van der Waals surface area contributed by atoms with Crippen molar-refractivity contribution in [1.82, 2.24) is 0 Å². The van der Waals surface area contributed by atoms with E-state index in [1.54, 1.807) is 6.07 Å². The van der Waals surface area contributed by atoms with E-state index in [0.29, 0.717) is 43.1 Å². The van der Waals surface area contributed by atoms with Gasteiger partial charge in [-0.15, -0.1) is 0 Å². The Morgan fingerprint density at radius 2 is 1.91 bits per heavy atom. The van der Waals surface area contributed by atoms with Crippen LogP contribution in [0.1, 0.15) is 17.5 Å². The third-order valence-electron chi connectivity index (χ3n) is 3.45. The SMILES string of the molecule is COc1cc([N+](=O)[O-])c(CCCN)cc1OCc1ccccc1. The fourth-order valence-corrected chi connectivity index (χ4v) is 2.26. The number of ether oxygens (including phenoxy) is 2. The third kappa shape index (κ3) is 4.43. The number of aryl methyl sites for hydroxylation is 1. The molecule has 0 saturated carbocycles. The smallest absolute Gasteiger partial charge is 0.276 e. The molecule has 0 amide bonds. The molecule has 2 N–H and O–H groups in total. The van der Waals surface area contributed by atoms with Crippen LogP contribution in [-0.4, -0.2) is 18.6 Å². The minimum Gasteiger partial charge on any atom is -0.493 e. The first-order valence-electron chi connectivity index (χ1n) is 7.37. The summed E-state index contributed by atoms with van der Waals surface area (Å²) in [6.45, 7) is 0.842. The molecule has 6 nitrogen and oxygen atoms in total. The Bertz CT molecular complexity index is 659. The van der Waals surface area contributed by atoms with E-state index in [9.17, 15) is 10.1 Å². The molecule has 0 heterocycles. The largest absolute Gasteiger partial charge is 0.493 e. The Kier molecular flexibility index (Phi) is 5.94. The summed E-state index contributed by atoms with van der Waals surface area (Å²) in [5.74, 6) is 0.845. The first kappa shape index (κ1) is 16.8. The Balaban J connectivity index is 2.27. The van der Waals surface area contributed by atoms with Gasteiger partial charge in [-0.25, -0.2) is 0 Å². The van der Waals surface area contributed by atoms with Crippen LogP contribution in [0.5, 0.6) is 11.5 Å². The number of nitrogens with two attached hydrogens (primary N) is 1. The van der Waals surface area contributed by atoms with Crippen LogP contribution in [0.4, 0.5) is 5.69 Å². The lowest BCUT2D eigenvalue weighted by molar-refractivity contribution is -0.385. The summed E-state index contributed by atoms with van der Waals surface area (Å²) in [5.41, 5.74) is 7.15. The molecule has 23 heavy (non-hydrogen) atoms. The summed E-state index contributed by atoms with van der Waals surface area (Å²) in [7, 11) is 1.47. The molecule has 0 unspecified atom stereocenters. The number of nitro benzene ring substituents is 1. The maximum absolute atomic E-state index is 11.2. The van der Waals surface area contributed by atoms with Crippen molar-refractivity contribution in [1.29, 1.82) is 0 Å². The molecule has 0 bridgehead atoms. The van der Waals surface area contributed by atoms with Gasteiger partial charge < -0.3 is 15.2 Å². The van der Waals surface area contributed by atoms with Gasteiger partial charge in [0.15, 0.2) is 11.5 Å². The van der Waals surface area contributed by atoms with Gasteiger partial charge in [0.1, 0.15) is 6.61 Å². The van der Waals surface area contributed by atoms with Gasteiger partial charge in [-0.1, -0.05) is 30.3 Å². The van der Waals surface area contributed by atoms with Gasteiger partial charge in [-0.2, -0.15) is 0 Å². The van der Waals surface area contributed by atoms with Crippen molar-refractivity contribution in [3.05, 3.63) is 63.7 Å². The molecule has 0 radical (unpaired) electrons. The Hall–Kier alpha value is -2.60. The molecule has 0 saturated heterocycles. The number of hydrogen-bond donors (Lipinski definition) is 1. The van der Waals surface area contributed by atoms with Crippen molar-refractivity contribution in [3.63, 3.8) is 0 Å². The van der Waals surface area contributed by atoms with Crippen LogP contribution >= 0.6 is 0 Å². The van der Waals surface area contributed by atoms with Crippen molar-refractivity contribution >= 4 is 5.69 Å².